The molecule has 0 bridgehead atoms. The number of thiophene rings is 1. The molecule has 8 heteroatoms. The maximum Gasteiger partial charge on any atom is 0.262 e. The second-order valence-electron chi connectivity index (χ2n) is 6.59. The van der Waals surface area contributed by atoms with Gasteiger partial charge in [-0.1, -0.05) is 30.0 Å². The number of carbonyl (C=O) groups is 1. The average Bonchev–Trinajstić information content (AvgIpc) is 3.22. The van der Waals surface area contributed by atoms with Crippen molar-refractivity contribution in [3.05, 3.63) is 76.4 Å². The van der Waals surface area contributed by atoms with Crippen LogP contribution >= 0.6 is 23.1 Å². The molecule has 0 unspecified atom stereocenters. The van der Waals surface area contributed by atoms with Gasteiger partial charge in [-0.15, -0.1) is 11.3 Å². The smallest absolute Gasteiger partial charge is 0.262 e. The maximum absolute atomic E-state index is 12.6. The van der Waals surface area contributed by atoms with E-state index in [-0.39, 0.29) is 11.5 Å². The molecular formula is C22H19N3O3S2. The summed E-state index contributed by atoms with van der Waals surface area (Å²) in [5.74, 6) is 1.27. The molecule has 0 saturated heterocycles. The minimum absolute atomic E-state index is 0.106. The first-order valence-electron chi connectivity index (χ1n) is 9.26. The van der Waals surface area contributed by atoms with Gasteiger partial charge in [-0.3, -0.25) is 14.2 Å². The number of amides is 1. The van der Waals surface area contributed by atoms with Gasteiger partial charge in [-0.2, -0.15) is 0 Å². The summed E-state index contributed by atoms with van der Waals surface area (Å²) in [4.78, 5) is 30.3. The number of para-hydroxylation sites is 1. The van der Waals surface area contributed by atoms with Gasteiger partial charge in [0.05, 0.1) is 10.6 Å². The molecule has 152 valence electrons. The number of rotatable bonds is 6. The van der Waals surface area contributed by atoms with Gasteiger partial charge in [-0.05, 0) is 54.8 Å². The van der Waals surface area contributed by atoms with Crippen molar-refractivity contribution in [2.75, 3.05) is 5.32 Å². The maximum atomic E-state index is 12.6. The Morgan fingerprint density at radius 3 is 2.53 bits per heavy atom. The number of nitrogens with zero attached hydrogens (tertiary/aromatic N) is 2. The molecule has 1 N–H and O–H groups in total. The lowest BCUT2D eigenvalue weighted by Crippen LogP contribution is -2.25. The van der Waals surface area contributed by atoms with E-state index in [2.05, 4.69) is 10.3 Å². The number of hydrogen-bond acceptors (Lipinski definition) is 6. The molecule has 0 aliphatic carbocycles. The summed E-state index contributed by atoms with van der Waals surface area (Å²) in [5, 5.41) is 5.42. The third-order valence-electron chi connectivity index (χ3n) is 4.42. The Morgan fingerprint density at radius 2 is 1.80 bits per heavy atom. The predicted molar refractivity (Wildman–Crippen MR) is 122 cm³/mol. The first-order chi connectivity index (χ1) is 14.5. The van der Waals surface area contributed by atoms with Gasteiger partial charge in [0.15, 0.2) is 5.16 Å². The van der Waals surface area contributed by atoms with E-state index in [1.54, 1.807) is 44.3 Å². The monoisotopic (exact) mass is 437 g/mol. The Balaban J connectivity index is 1.41. The van der Waals surface area contributed by atoms with E-state index in [1.165, 1.54) is 27.7 Å². The summed E-state index contributed by atoms with van der Waals surface area (Å²) < 4.78 is 7.25. The number of hydrogen-bond donors (Lipinski definition) is 1. The highest BCUT2D eigenvalue weighted by molar-refractivity contribution is 8.00. The van der Waals surface area contributed by atoms with Crippen molar-refractivity contribution < 1.29 is 9.53 Å². The summed E-state index contributed by atoms with van der Waals surface area (Å²) in [6.07, 6.45) is 0. The highest BCUT2D eigenvalue weighted by atomic mass is 32.2. The van der Waals surface area contributed by atoms with Gasteiger partial charge in [0.25, 0.3) is 5.56 Å². The third kappa shape index (κ3) is 4.39. The summed E-state index contributed by atoms with van der Waals surface area (Å²) in [7, 11) is 1.67. The van der Waals surface area contributed by atoms with E-state index in [0.717, 1.165) is 5.75 Å². The fourth-order valence-corrected chi connectivity index (χ4v) is 4.45. The van der Waals surface area contributed by atoms with E-state index < -0.39 is 5.25 Å². The summed E-state index contributed by atoms with van der Waals surface area (Å²) in [6.45, 7) is 1.79. The second kappa shape index (κ2) is 8.73. The molecule has 2 heterocycles. The van der Waals surface area contributed by atoms with E-state index in [9.17, 15) is 9.59 Å². The van der Waals surface area contributed by atoms with Crippen LogP contribution in [0.4, 0.5) is 5.69 Å². The van der Waals surface area contributed by atoms with Crippen LogP contribution in [-0.2, 0) is 11.8 Å². The molecule has 4 aromatic rings. The largest absolute Gasteiger partial charge is 0.457 e. The number of ether oxygens (including phenoxy) is 1. The van der Waals surface area contributed by atoms with Crippen molar-refractivity contribution in [1.29, 1.82) is 0 Å². The Hall–Kier alpha value is -3.10. The van der Waals surface area contributed by atoms with Crippen LogP contribution in [-0.4, -0.2) is 20.7 Å². The van der Waals surface area contributed by atoms with Crippen molar-refractivity contribution in [2.24, 2.45) is 7.05 Å². The molecule has 0 aliphatic heterocycles. The Morgan fingerprint density at radius 1 is 1.10 bits per heavy atom. The van der Waals surface area contributed by atoms with E-state index in [0.29, 0.717) is 26.8 Å². The molecule has 4 rings (SSSR count). The standard InChI is InChI=1S/C22H19N3O3S2/c1-14(30-22-24-20-18(12-13-29-20)21(27)25(22)2)19(26)23-15-8-10-17(11-9-15)28-16-6-4-3-5-7-16/h3-14H,1-2H3,(H,23,26)/t14-/m0/s1. The molecule has 2 aromatic carbocycles. The zero-order valence-electron chi connectivity index (χ0n) is 16.4. The molecular weight excluding hydrogens is 418 g/mol. The lowest BCUT2D eigenvalue weighted by molar-refractivity contribution is -0.115. The average molecular weight is 438 g/mol. The zero-order valence-corrected chi connectivity index (χ0v) is 18.0. The van der Waals surface area contributed by atoms with Crippen molar-refractivity contribution in [2.45, 2.75) is 17.3 Å². The Bertz CT molecular complexity index is 1230. The molecule has 0 saturated carbocycles. The number of benzene rings is 2. The summed E-state index contributed by atoms with van der Waals surface area (Å²) in [6, 6.07) is 18.5. The van der Waals surface area contributed by atoms with Gasteiger partial charge < -0.3 is 10.1 Å². The summed E-state index contributed by atoms with van der Waals surface area (Å²) in [5.41, 5.74) is 0.564. The molecule has 1 amide bonds. The number of carbonyl (C=O) groups excluding carboxylic acids is 1. The number of nitrogens with one attached hydrogen (secondary N) is 1. The first kappa shape index (κ1) is 20.2. The number of thioether (sulfide) groups is 1. The molecule has 6 nitrogen and oxygen atoms in total. The van der Waals surface area contributed by atoms with Crippen LogP contribution in [0.2, 0.25) is 0 Å². The van der Waals surface area contributed by atoms with Crippen molar-refractivity contribution in [1.82, 2.24) is 9.55 Å². The highest BCUT2D eigenvalue weighted by Crippen LogP contribution is 2.26. The Labute approximate surface area is 181 Å². The zero-order chi connectivity index (χ0) is 21.1. The molecule has 0 fully saturated rings. The van der Waals surface area contributed by atoms with Crippen LogP contribution in [0.1, 0.15) is 6.92 Å². The minimum Gasteiger partial charge on any atom is -0.457 e. The normalized spacial score (nSPS) is 11.9. The van der Waals surface area contributed by atoms with Crippen LogP contribution < -0.4 is 15.6 Å². The summed E-state index contributed by atoms with van der Waals surface area (Å²) >= 11 is 2.67. The molecule has 0 radical (unpaired) electrons. The molecule has 0 aliphatic rings. The molecule has 0 spiro atoms. The SMILES string of the molecule is C[C@H](Sc1nc2sccc2c(=O)n1C)C(=O)Nc1ccc(Oc2ccccc2)cc1. The molecule has 1 atom stereocenters. The van der Waals surface area contributed by atoms with E-state index in [4.69, 9.17) is 4.74 Å². The highest BCUT2D eigenvalue weighted by Gasteiger charge is 2.19. The van der Waals surface area contributed by atoms with Gasteiger partial charge >= 0.3 is 0 Å². The van der Waals surface area contributed by atoms with Crippen molar-refractivity contribution in [3.63, 3.8) is 0 Å². The quantitative estimate of drug-likeness (QED) is 0.343. The fourth-order valence-electron chi connectivity index (χ4n) is 2.77. The predicted octanol–water partition coefficient (Wildman–Crippen LogP) is 4.91. The number of fused-ring (bicyclic) bond motifs is 1. The topological polar surface area (TPSA) is 73.2 Å². The van der Waals surface area contributed by atoms with E-state index >= 15 is 0 Å². The van der Waals surface area contributed by atoms with E-state index in [1.807, 2.05) is 35.7 Å². The van der Waals surface area contributed by atoms with Gasteiger partial charge in [0, 0.05) is 12.7 Å². The van der Waals surface area contributed by atoms with Crippen LogP contribution in [0.25, 0.3) is 10.2 Å². The lowest BCUT2D eigenvalue weighted by atomic mass is 10.3. The van der Waals surface area contributed by atoms with Crippen LogP contribution in [0.5, 0.6) is 11.5 Å². The van der Waals surface area contributed by atoms with Crippen molar-refractivity contribution in [3.8, 4) is 11.5 Å². The van der Waals surface area contributed by atoms with Crippen LogP contribution in [0, 0.1) is 0 Å². The lowest BCUT2D eigenvalue weighted by Gasteiger charge is -2.14. The fraction of sp³-hybridized carbons (Fsp3) is 0.136. The van der Waals surface area contributed by atoms with Gasteiger partial charge in [0.1, 0.15) is 16.3 Å². The second-order valence-corrected chi connectivity index (χ2v) is 8.79. The van der Waals surface area contributed by atoms with Crippen molar-refractivity contribution >= 4 is 44.9 Å². The van der Waals surface area contributed by atoms with Gasteiger partial charge in [-0.25, -0.2) is 4.98 Å². The number of anilines is 1. The third-order valence-corrected chi connectivity index (χ3v) is 6.37. The number of aromatic nitrogens is 2. The first-order valence-corrected chi connectivity index (χ1v) is 11.0. The Kier molecular flexibility index (Phi) is 5.87. The van der Waals surface area contributed by atoms with Crippen LogP contribution in [0.3, 0.4) is 0 Å². The van der Waals surface area contributed by atoms with Gasteiger partial charge in [0.2, 0.25) is 5.91 Å². The molecule has 2 aromatic heterocycles. The minimum atomic E-state index is -0.430. The van der Waals surface area contributed by atoms with Crippen LogP contribution in [0.15, 0.2) is 76.0 Å². The molecule has 30 heavy (non-hydrogen) atoms.